The maximum Gasteiger partial charge on any atom is 0.255 e. The minimum absolute atomic E-state index is 0.0435. The second-order valence-corrected chi connectivity index (χ2v) is 11.0. The van der Waals surface area contributed by atoms with Crippen molar-refractivity contribution in [3.63, 3.8) is 0 Å². The van der Waals surface area contributed by atoms with Gasteiger partial charge in [0.05, 0.1) is 6.54 Å². The normalized spacial score (nSPS) is 12.8. The molecule has 1 heterocycles. The molecule has 5 nitrogen and oxygen atoms in total. The van der Waals surface area contributed by atoms with Gasteiger partial charge in [0, 0.05) is 36.6 Å². The Kier molecular flexibility index (Phi) is 7.68. The van der Waals surface area contributed by atoms with Gasteiger partial charge < -0.3 is 14.4 Å². The van der Waals surface area contributed by atoms with Crippen molar-refractivity contribution in [1.82, 2.24) is 14.4 Å². The molecule has 1 aromatic heterocycles. The summed E-state index contributed by atoms with van der Waals surface area (Å²) < 4.78 is 2.22. The van der Waals surface area contributed by atoms with Crippen molar-refractivity contribution in [2.45, 2.75) is 45.4 Å². The largest absolute Gasteiger partial charge is 0.345 e. The molecule has 0 N–H and O–H groups in total. The molecule has 206 valence electrons. The van der Waals surface area contributed by atoms with Gasteiger partial charge in [-0.2, -0.15) is 0 Å². The van der Waals surface area contributed by atoms with E-state index in [-0.39, 0.29) is 24.4 Å². The molecule has 0 unspecified atom stereocenters. The van der Waals surface area contributed by atoms with Crippen molar-refractivity contribution in [1.29, 1.82) is 0 Å². The van der Waals surface area contributed by atoms with E-state index >= 15 is 0 Å². The molecule has 5 aromatic rings. The predicted molar refractivity (Wildman–Crippen MR) is 163 cm³/mol. The lowest BCUT2D eigenvalue weighted by molar-refractivity contribution is -0.133. The van der Waals surface area contributed by atoms with Crippen molar-refractivity contribution in [2.24, 2.45) is 0 Å². The summed E-state index contributed by atoms with van der Waals surface area (Å²) in [5.41, 5.74) is 5.29. The average Bonchev–Trinajstić information content (AvgIpc) is 3.76. The molecule has 1 aliphatic carbocycles. The third kappa shape index (κ3) is 6.09. The highest BCUT2D eigenvalue weighted by Gasteiger charge is 2.36. The van der Waals surface area contributed by atoms with Crippen molar-refractivity contribution in [3.05, 3.63) is 143 Å². The third-order valence-electron chi connectivity index (χ3n) is 8.02. The smallest absolute Gasteiger partial charge is 0.255 e. The maximum absolute atomic E-state index is 14.1. The van der Waals surface area contributed by atoms with Gasteiger partial charge in [-0.1, -0.05) is 91.0 Å². The lowest BCUT2D eigenvalue weighted by atomic mass is 10.0. The summed E-state index contributed by atoms with van der Waals surface area (Å²) in [6.45, 7) is 3.89. The SMILES string of the molecule is Cc1ccccc1Cn1cccc1CN(Cc1ccccc1)C(=O)CN(C(=O)c1cccc2ccccc12)C1CC1. The minimum Gasteiger partial charge on any atom is -0.345 e. The third-order valence-corrected chi connectivity index (χ3v) is 8.02. The summed E-state index contributed by atoms with van der Waals surface area (Å²) in [7, 11) is 0. The summed E-state index contributed by atoms with van der Waals surface area (Å²) in [5.74, 6) is -0.113. The van der Waals surface area contributed by atoms with Crippen LogP contribution in [0.3, 0.4) is 0 Å². The van der Waals surface area contributed by atoms with Crippen molar-refractivity contribution in [3.8, 4) is 0 Å². The molecule has 4 aromatic carbocycles. The fraction of sp³-hybridized carbons (Fsp3) is 0.222. The molecule has 0 aliphatic heterocycles. The minimum atomic E-state index is -0.0692. The number of amides is 2. The van der Waals surface area contributed by atoms with E-state index in [0.29, 0.717) is 18.7 Å². The van der Waals surface area contributed by atoms with Crippen LogP contribution >= 0.6 is 0 Å². The Labute approximate surface area is 241 Å². The molecule has 5 heteroatoms. The van der Waals surface area contributed by atoms with E-state index < -0.39 is 0 Å². The highest BCUT2D eigenvalue weighted by Crippen LogP contribution is 2.30. The Morgan fingerprint density at radius 2 is 1.51 bits per heavy atom. The summed E-state index contributed by atoms with van der Waals surface area (Å²) >= 11 is 0. The monoisotopic (exact) mass is 541 g/mol. The summed E-state index contributed by atoms with van der Waals surface area (Å²) in [6, 6.07) is 36.5. The number of fused-ring (bicyclic) bond motifs is 1. The van der Waals surface area contributed by atoms with Gasteiger partial charge in [-0.3, -0.25) is 9.59 Å². The van der Waals surface area contributed by atoms with E-state index in [9.17, 15) is 9.59 Å². The Bertz CT molecular complexity index is 1660. The van der Waals surface area contributed by atoms with Crippen molar-refractivity contribution in [2.75, 3.05) is 6.54 Å². The van der Waals surface area contributed by atoms with E-state index in [0.717, 1.165) is 41.4 Å². The molecule has 0 saturated heterocycles. The van der Waals surface area contributed by atoms with Crippen LogP contribution in [0.4, 0.5) is 0 Å². The van der Waals surface area contributed by atoms with Crippen LogP contribution in [-0.4, -0.2) is 38.8 Å². The zero-order valence-corrected chi connectivity index (χ0v) is 23.4. The maximum atomic E-state index is 14.1. The molecular weight excluding hydrogens is 506 g/mol. The molecular formula is C36H35N3O2. The number of carbonyl (C=O) groups excluding carboxylic acids is 2. The first-order chi connectivity index (χ1) is 20.1. The molecule has 1 fully saturated rings. The van der Waals surface area contributed by atoms with E-state index in [1.807, 2.05) is 83.8 Å². The first kappa shape index (κ1) is 26.6. The molecule has 0 spiro atoms. The van der Waals surface area contributed by atoms with Crippen LogP contribution in [0.25, 0.3) is 10.8 Å². The average molecular weight is 542 g/mol. The Morgan fingerprint density at radius 1 is 0.780 bits per heavy atom. The molecule has 0 bridgehead atoms. The highest BCUT2D eigenvalue weighted by atomic mass is 16.2. The van der Waals surface area contributed by atoms with Crippen molar-refractivity contribution < 1.29 is 9.59 Å². The van der Waals surface area contributed by atoms with Gasteiger partial charge in [-0.05, 0) is 65.4 Å². The second-order valence-electron chi connectivity index (χ2n) is 11.0. The molecule has 0 atom stereocenters. The number of aryl methyl sites for hydroxylation is 1. The van der Waals surface area contributed by atoms with Gasteiger partial charge in [0.25, 0.3) is 5.91 Å². The van der Waals surface area contributed by atoms with Crippen LogP contribution in [0.2, 0.25) is 0 Å². The van der Waals surface area contributed by atoms with Gasteiger partial charge in [0.1, 0.15) is 6.54 Å². The van der Waals surface area contributed by atoms with Crippen LogP contribution in [0.5, 0.6) is 0 Å². The van der Waals surface area contributed by atoms with Crippen LogP contribution in [0.1, 0.15) is 45.6 Å². The Morgan fingerprint density at radius 3 is 2.32 bits per heavy atom. The zero-order chi connectivity index (χ0) is 28.2. The van der Waals surface area contributed by atoms with Gasteiger partial charge in [-0.15, -0.1) is 0 Å². The number of aromatic nitrogens is 1. The van der Waals surface area contributed by atoms with Crippen LogP contribution in [0.15, 0.2) is 115 Å². The van der Waals surface area contributed by atoms with Gasteiger partial charge in [0.2, 0.25) is 5.91 Å². The van der Waals surface area contributed by atoms with E-state index in [2.05, 4.69) is 48.0 Å². The molecule has 1 saturated carbocycles. The van der Waals surface area contributed by atoms with Crippen molar-refractivity contribution >= 4 is 22.6 Å². The Hall–Kier alpha value is -4.64. The lowest BCUT2D eigenvalue weighted by Crippen LogP contribution is -2.43. The summed E-state index contributed by atoms with van der Waals surface area (Å²) in [5, 5.41) is 1.95. The zero-order valence-electron chi connectivity index (χ0n) is 23.4. The first-order valence-electron chi connectivity index (χ1n) is 14.4. The highest BCUT2D eigenvalue weighted by molar-refractivity contribution is 6.08. The number of hydrogen-bond donors (Lipinski definition) is 0. The topological polar surface area (TPSA) is 45.6 Å². The van der Waals surface area contributed by atoms with Crippen LogP contribution in [-0.2, 0) is 24.4 Å². The predicted octanol–water partition coefficient (Wildman–Crippen LogP) is 6.83. The van der Waals surface area contributed by atoms with Gasteiger partial charge in [0.15, 0.2) is 0 Å². The fourth-order valence-electron chi connectivity index (χ4n) is 5.52. The number of carbonyl (C=O) groups is 2. The standard InChI is InChI=1S/C36H35N3O2/c1-27-11-5-6-15-30(27)24-37-22-10-17-32(37)25-38(23-28-12-3-2-4-13-28)35(40)26-39(31-20-21-31)36(41)34-19-9-16-29-14-7-8-18-33(29)34/h2-19,22,31H,20-21,23-26H2,1H3. The molecule has 1 aliphatic rings. The van der Waals surface area contributed by atoms with Gasteiger partial charge >= 0.3 is 0 Å². The fourth-order valence-corrected chi connectivity index (χ4v) is 5.52. The quantitative estimate of drug-likeness (QED) is 0.195. The van der Waals surface area contributed by atoms with Crippen LogP contribution in [0, 0.1) is 6.92 Å². The second kappa shape index (κ2) is 11.8. The molecule has 41 heavy (non-hydrogen) atoms. The van der Waals surface area contributed by atoms with Crippen LogP contribution < -0.4 is 0 Å². The van der Waals surface area contributed by atoms with E-state index in [1.54, 1.807) is 4.90 Å². The van der Waals surface area contributed by atoms with Gasteiger partial charge in [-0.25, -0.2) is 0 Å². The van der Waals surface area contributed by atoms with E-state index in [1.165, 1.54) is 11.1 Å². The number of nitrogens with zero attached hydrogens (tertiary/aromatic N) is 3. The number of rotatable bonds is 10. The van der Waals surface area contributed by atoms with E-state index in [4.69, 9.17) is 0 Å². The Balaban J connectivity index is 1.26. The first-order valence-corrected chi connectivity index (χ1v) is 14.4. The molecule has 0 radical (unpaired) electrons. The number of benzene rings is 4. The summed E-state index contributed by atoms with van der Waals surface area (Å²) in [6.07, 6.45) is 3.94. The molecule has 6 rings (SSSR count). The molecule has 2 amide bonds. The summed E-state index contributed by atoms with van der Waals surface area (Å²) in [4.78, 5) is 31.7. The lowest BCUT2D eigenvalue weighted by Gasteiger charge is -2.29. The number of hydrogen-bond acceptors (Lipinski definition) is 2.